The van der Waals surface area contributed by atoms with Gasteiger partial charge in [-0.3, -0.25) is 0 Å². The molecule has 1 aromatic rings. The molecule has 0 amide bonds. The van der Waals surface area contributed by atoms with Crippen molar-refractivity contribution in [2.45, 2.75) is 0 Å². The molecule has 1 heterocycles. The lowest BCUT2D eigenvalue weighted by Crippen LogP contribution is -1.37. The third-order valence-electron chi connectivity index (χ3n) is 0.850. The predicted octanol–water partition coefficient (Wildman–Crippen LogP) is 3.42. The molecular formula is C7H8P2. The van der Waals surface area contributed by atoms with Gasteiger partial charge in [-0.2, -0.15) is 0 Å². The van der Waals surface area contributed by atoms with E-state index in [0.29, 0.717) is 0 Å². The lowest BCUT2D eigenvalue weighted by Gasteiger charge is -1.60. The minimum Gasteiger partial charge on any atom is -0.111 e. The van der Waals surface area contributed by atoms with Gasteiger partial charge in [-0.05, 0) is 11.6 Å². The molecule has 1 unspecified atom stereocenters. The molecule has 0 nitrogen and oxygen atoms in total. The topological polar surface area (TPSA) is 0 Å². The lowest BCUT2D eigenvalue weighted by atomic mass is 10.5. The van der Waals surface area contributed by atoms with E-state index in [1.807, 2.05) is 12.1 Å². The first-order valence-electron chi connectivity index (χ1n) is 2.77. The van der Waals surface area contributed by atoms with Crippen molar-refractivity contribution in [3.05, 3.63) is 41.9 Å². The largest absolute Gasteiger partial charge is 0.111 e. The van der Waals surface area contributed by atoms with Crippen LogP contribution in [0.2, 0.25) is 0 Å². The molecule has 1 aromatic heterocycles. The van der Waals surface area contributed by atoms with Crippen LogP contribution in [0.1, 0.15) is 0 Å². The third kappa shape index (κ3) is 3.30. The summed E-state index contributed by atoms with van der Waals surface area (Å²) in [5.41, 5.74) is 0. The van der Waals surface area contributed by atoms with Crippen molar-refractivity contribution in [3.8, 4) is 0 Å². The first-order chi connectivity index (χ1) is 4.50. The number of hydrogen-bond acceptors (Lipinski definition) is 0. The highest BCUT2D eigenvalue weighted by molar-refractivity contribution is 7.89. The minimum atomic E-state index is 0.919. The van der Waals surface area contributed by atoms with Crippen LogP contribution in [0.3, 0.4) is 0 Å². The molecule has 0 N–H and O–H groups in total. The Morgan fingerprint density at radius 2 is 1.67 bits per heavy atom. The Bertz CT molecular complexity index is 129. The highest BCUT2D eigenvalue weighted by Gasteiger charge is 1.58. The fraction of sp³-hybridized carbons (Fsp3) is 0. The summed E-state index contributed by atoms with van der Waals surface area (Å²) in [6.45, 7) is 0. The van der Waals surface area contributed by atoms with E-state index in [1.165, 1.54) is 7.87 Å². The maximum atomic E-state index is 2.20. The van der Waals surface area contributed by atoms with Crippen LogP contribution in [-0.4, -0.2) is 0 Å². The first-order valence-corrected chi connectivity index (χ1v) is 5.65. The average Bonchev–Trinajstić information content (AvgIpc) is 2.00. The lowest BCUT2D eigenvalue weighted by molar-refractivity contribution is 1.83. The summed E-state index contributed by atoms with van der Waals surface area (Å²) in [7, 11) is 2.32. The zero-order chi connectivity index (χ0) is 6.36. The van der Waals surface area contributed by atoms with E-state index in [0.717, 1.165) is 7.87 Å². The first kappa shape index (κ1) is 6.81. The minimum absolute atomic E-state index is 0.919. The van der Waals surface area contributed by atoms with Crippen molar-refractivity contribution >= 4 is 15.7 Å². The van der Waals surface area contributed by atoms with Crippen molar-refractivity contribution in [3.63, 3.8) is 0 Å². The Hall–Kier alpha value is -0.310. The van der Waals surface area contributed by atoms with Gasteiger partial charge in [-0.1, -0.05) is 38.2 Å². The van der Waals surface area contributed by atoms with Gasteiger partial charge >= 0.3 is 0 Å². The van der Waals surface area contributed by atoms with Gasteiger partial charge in [0.05, 0.1) is 0 Å². The van der Waals surface area contributed by atoms with Crippen molar-refractivity contribution in [2.24, 2.45) is 0 Å². The molecule has 0 aromatic carbocycles. The van der Waals surface area contributed by atoms with Crippen molar-refractivity contribution in [1.29, 1.82) is 0 Å². The fourth-order valence-electron chi connectivity index (χ4n) is 0.470. The average molecular weight is 154 g/mol. The van der Waals surface area contributed by atoms with Crippen LogP contribution in [0.25, 0.3) is 0 Å². The van der Waals surface area contributed by atoms with Gasteiger partial charge in [0, 0.05) is 0 Å². The Kier molecular flexibility index (Phi) is 3.45. The summed E-state index contributed by atoms with van der Waals surface area (Å²) in [5.74, 6) is 4.36. The maximum Gasteiger partial charge on any atom is -0.0310 e. The number of hydrogen-bond donors (Lipinski definition) is 0. The Balaban J connectivity index is 3.04. The van der Waals surface area contributed by atoms with Crippen LogP contribution < -0.4 is 0 Å². The van der Waals surface area contributed by atoms with E-state index in [9.17, 15) is 0 Å². The summed E-state index contributed by atoms with van der Waals surface area (Å²) in [4.78, 5) is 0. The normalized spacial score (nSPS) is 9.78. The molecule has 0 aliphatic rings. The van der Waals surface area contributed by atoms with Gasteiger partial charge in [0.15, 0.2) is 0 Å². The molecule has 0 saturated heterocycles. The van der Waals surface area contributed by atoms with Crippen molar-refractivity contribution in [1.82, 2.24) is 0 Å². The summed E-state index contributed by atoms with van der Waals surface area (Å²) >= 11 is 0. The second kappa shape index (κ2) is 4.56. The molecule has 46 valence electrons. The monoisotopic (exact) mass is 154 g/mol. The van der Waals surface area contributed by atoms with E-state index in [4.69, 9.17) is 0 Å². The smallest absolute Gasteiger partial charge is 0.0310 e. The van der Waals surface area contributed by atoms with Crippen molar-refractivity contribution < 1.29 is 0 Å². The molecule has 0 fully saturated rings. The van der Waals surface area contributed by atoms with Gasteiger partial charge in [0.25, 0.3) is 0 Å². The van der Waals surface area contributed by atoms with E-state index in [2.05, 4.69) is 29.8 Å². The van der Waals surface area contributed by atoms with Crippen LogP contribution in [-0.2, 0) is 0 Å². The quantitative estimate of drug-likeness (QED) is 0.537. The molecule has 0 radical (unpaired) electrons. The van der Waals surface area contributed by atoms with E-state index in [-0.39, 0.29) is 0 Å². The Morgan fingerprint density at radius 3 is 2.67 bits per heavy atom. The summed E-state index contributed by atoms with van der Waals surface area (Å²) in [6.07, 6.45) is 0. The molecule has 0 bridgehead atoms. The highest BCUT2D eigenvalue weighted by atomic mass is 31.8. The standard InChI is InChI=1S/C7H8P2/c1-2-4-6-8-9-7-5-3-1/h1-8H. The van der Waals surface area contributed by atoms with E-state index in [1.54, 1.807) is 0 Å². The molecule has 0 saturated carbocycles. The molecule has 1 atom stereocenters. The number of rotatable bonds is 0. The summed E-state index contributed by atoms with van der Waals surface area (Å²) in [6, 6.07) is 10.3. The van der Waals surface area contributed by atoms with Crippen LogP contribution in [0.5, 0.6) is 0 Å². The van der Waals surface area contributed by atoms with Crippen molar-refractivity contribution in [2.75, 3.05) is 0 Å². The Morgan fingerprint density at radius 1 is 0.889 bits per heavy atom. The zero-order valence-electron chi connectivity index (χ0n) is 4.99. The molecule has 1 rings (SSSR count). The second-order valence-corrected chi connectivity index (χ2v) is 4.23. The predicted molar refractivity (Wildman–Crippen MR) is 46.1 cm³/mol. The molecule has 0 aliphatic carbocycles. The SMILES string of the molecule is c1cccp[pH]ccc1. The molecule has 2 heteroatoms. The van der Waals surface area contributed by atoms with E-state index >= 15 is 0 Å². The van der Waals surface area contributed by atoms with Gasteiger partial charge in [-0.25, -0.2) is 0 Å². The summed E-state index contributed by atoms with van der Waals surface area (Å²) < 4.78 is 0. The maximum absolute atomic E-state index is 2.20. The van der Waals surface area contributed by atoms with Crippen LogP contribution >= 0.6 is 15.7 Å². The van der Waals surface area contributed by atoms with Gasteiger partial charge in [-0.15, -0.1) is 7.87 Å². The van der Waals surface area contributed by atoms with Crippen LogP contribution in [0.4, 0.5) is 0 Å². The van der Waals surface area contributed by atoms with Gasteiger partial charge in [0.2, 0.25) is 0 Å². The highest BCUT2D eigenvalue weighted by Crippen LogP contribution is 2.13. The second-order valence-electron chi connectivity index (χ2n) is 1.54. The molecule has 0 spiro atoms. The third-order valence-corrected chi connectivity index (χ3v) is 3.00. The van der Waals surface area contributed by atoms with Crippen LogP contribution in [0, 0.1) is 0 Å². The summed E-state index contributed by atoms with van der Waals surface area (Å²) in [5, 5.41) is 0. The van der Waals surface area contributed by atoms with Gasteiger partial charge < -0.3 is 0 Å². The molecular weight excluding hydrogens is 146 g/mol. The Labute approximate surface area is 58.3 Å². The molecule has 9 heavy (non-hydrogen) atoms. The fourth-order valence-corrected chi connectivity index (χ4v) is 2.06. The molecule has 0 aliphatic heterocycles. The van der Waals surface area contributed by atoms with E-state index < -0.39 is 0 Å². The van der Waals surface area contributed by atoms with Gasteiger partial charge in [0.1, 0.15) is 0 Å². The van der Waals surface area contributed by atoms with Crippen LogP contribution in [0.15, 0.2) is 41.9 Å². The zero-order valence-corrected chi connectivity index (χ0v) is 6.88.